The van der Waals surface area contributed by atoms with Crippen LogP contribution in [0.1, 0.15) is 57.3 Å². The van der Waals surface area contributed by atoms with Crippen LogP contribution in [0.15, 0.2) is 53.1 Å². The minimum absolute atomic E-state index is 0.0961. The lowest BCUT2D eigenvalue weighted by atomic mass is 10.0. The van der Waals surface area contributed by atoms with Gasteiger partial charge >= 0.3 is 6.18 Å². The van der Waals surface area contributed by atoms with E-state index in [1.165, 1.54) is 12.3 Å². The Morgan fingerprint density at radius 3 is 2.64 bits per heavy atom. The zero-order valence-electron chi connectivity index (χ0n) is 19.9. The van der Waals surface area contributed by atoms with Crippen LogP contribution in [-0.2, 0) is 6.54 Å². The molecule has 4 aromatic rings. The Bertz CT molecular complexity index is 1400. The van der Waals surface area contributed by atoms with Crippen molar-refractivity contribution in [2.24, 2.45) is 0 Å². The molecule has 188 valence electrons. The Balaban J connectivity index is 1.40. The van der Waals surface area contributed by atoms with Crippen molar-refractivity contribution >= 4 is 17.4 Å². The molecule has 1 amide bonds. The molecule has 8 nitrogen and oxygen atoms in total. The lowest BCUT2D eigenvalue weighted by molar-refractivity contribution is -0.174. The van der Waals surface area contributed by atoms with E-state index < -0.39 is 24.2 Å². The standard InChI is InChI=1S/C25H25F3N6O2/c1-14-7-4-5-8-17(14)13-33-16(3)23(15(2)31-33)30-24(35)19-12-22-29-18(20-9-6-10-36-20)11-21(25(26,27)28)34(22)32-19/h4-10,12,18,21,29H,11,13H2,1-3H3,(H,30,35). The molecule has 1 aliphatic heterocycles. The Hall–Kier alpha value is -4.02. The summed E-state index contributed by atoms with van der Waals surface area (Å²) in [7, 11) is 0. The lowest BCUT2D eigenvalue weighted by Gasteiger charge is -2.32. The smallest absolute Gasteiger partial charge is 0.410 e. The Morgan fingerprint density at radius 1 is 1.17 bits per heavy atom. The first kappa shape index (κ1) is 23.7. The van der Waals surface area contributed by atoms with Crippen molar-refractivity contribution in [2.45, 2.75) is 52.0 Å². The first-order valence-corrected chi connectivity index (χ1v) is 11.5. The van der Waals surface area contributed by atoms with Gasteiger partial charge in [-0.25, -0.2) is 4.68 Å². The summed E-state index contributed by atoms with van der Waals surface area (Å²) < 4.78 is 49.6. The number of furan rings is 1. The topological polar surface area (TPSA) is 89.9 Å². The molecule has 2 unspecified atom stereocenters. The fraction of sp³-hybridized carbons (Fsp3) is 0.320. The number of anilines is 2. The second-order valence-corrected chi connectivity index (χ2v) is 8.95. The van der Waals surface area contributed by atoms with E-state index >= 15 is 0 Å². The van der Waals surface area contributed by atoms with Crippen LogP contribution in [0.4, 0.5) is 24.7 Å². The predicted octanol–water partition coefficient (Wildman–Crippen LogP) is 5.56. The molecule has 36 heavy (non-hydrogen) atoms. The largest absolute Gasteiger partial charge is 0.467 e. The number of alkyl halides is 3. The van der Waals surface area contributed by atoms with Gasteiger partial charge in [-0.3, -0.25) is 9.48 Å². The highest BCUT2D eigenvalue weighted by molar-refractivity contribution is 6.04. The van der Waals surface area contributed by atoms with Crippen LogP contribution >= 0.6 is 0 Å². The molecule has 0 saturated heterocycles. The third-order valence-electron chi connectivity index (χ3n) is 6.51. The number of carbonyl (C=O) groups is 1. The first-order valence-electron chi connectivity index (χ1n) is 11.5. The van der Waals surface area contributed by atoms with Gasteiger partial charge in [0.15, 0.2) is 11.7 Å². The summed E-state index contributed by atoms with van der Waals surface area (Å²) in [5.74, 6) is -0.135. The van der Waals surface area contributed by atoms with Gasteiger partial charge in [0.2, 0.25) is 0 Å². The van der Waals surface area contributed by atoms with Crippen LogP contribution in [0.25, 0.3) is 0 Å². The van der Waals surface area contributed by atoms with E-state index in [-0.39, 0.29) is 17.9 Å². The second kappa shape index (κ2) is 8.89. The van der Waals surface area contributed by atoms with E-state index in [9.17, 15) is 18.0 Å². The number of nitrogens with one attached hydrogen (secondary N) is 2. The average molecular weight is 499 g/mol. The van der Waals surface area contributed by atoms with Gasteiger partial charge in [0.1, 0.15) is 11.6 Å². The van der Waals surface area contributed by atoms with Crippen molar-refractivity contribution < 1.29 is 22.4 Å². The van der Waals surface area contributed by atoms with Gasteiger partial charge in [-0.15, -0.1) is 0 Å². The zero-order valence-corrected chi connectivity index (χ0v) is 19.9. The third kappa shape index (κ3) is 4.36. The molecule has 4 heterocycles. The van der Waals surface area contributed by atoms with E-state index in [0.29, 0.717) is 23.7 Å². The molecule has 1 aliphatic rings. The summed E-state index contributed by atoms with van der Waals surface area (Å²) >= 11 is 0. The highest BCUT2D eigenvalue weighted by Gasteiger charge is 2.47. The summed E-state index contributed by atoms with van der Waals surface area (Å²) in [5, 5.41) is 14.4. The van der Waals surface area contributed by atoms with Gasteiger partial charge in [0.25, 0.3) is 5.91 Å². The molecular weight excluding hydrogens is 473 g/mol. The molecule has 1 aromatic carbocycles. The molecule has 0 spiro atoms. The van der Waals surface area contributed by atoms with E-state index in [1.807, 2.05) is 38.1 Å². The van der Waals surface area contributed by atoms with Crippen LogP contribution < -0.4 is 10.6 Å². The van der Waals surface area contributed by atoms with Gasteiger partial charge in [0, 0.05) is 12.5 Å². The summed E-state index contributed by atoms with van der Waals surface area (Å²) in [6, 6.07) is 9.91. The molecular formula is C25H25F3N6O2. The van der Waals surface area contributed by atoms with Crippen LogP contribution in [0.2, 0.25) is 0 Å². The van der Waals surface area contributed by atoms with Crippen molar-refractivity contribution in [1.82, 2.24) is 19.6 Å². The molecule has 5 rings (SSSR count). The summed E-state index contributed by atoms with van der Waals surface area (Å²) in [4.78, 5) is 13.1. The van der Waals surface area contributed by atoms with E-state index in [0.717, 1.165) is 21.5 Å². The van der Waals surface area contributed by atoms with E-state index in [4.69, 9.17) is 4.42 Å². The summed E-state index contributed by atoms with van der Waals surface area (Å²) in [5.41, 5.74) is 3.93. The maximum atomic E-state index is 13.9. The highest BCUT2D eigenvalue weighted by atomic mass is 19.4. The molecule has 0 aliphatic carbocycles. The lowest BCUT2D eigenvalue weighted by Crippen LogP contribution is -2.35. The monoisotopic (exact) mass is 498 g/mol. The molecule has 0 fully saturated rings. The molecule has 3 aromatic heterocycles. The van der Waals surface area contributed by atoms with Crippen molar-refractivity contribution in [3.05, 3.63) is 82.7 Å². The summed E-state index contributed by atoms with van der Waals surface area (Å²) in [6.07, 6.45) is -3.45. The normalized spacial score (nSPS) is 17.5. The number of aryl methyl sites for hydroxylation is 2. The first-order chi connectivity index (χ1) is 17.1. The Kier molecular flexibility index (Phi) is 5.85. The zero-order chi connectivity index (χ0) is 25.6. The van der Waals surface area contributed by atoms with Crippen molar-refractivity contribution in [2.75, 3.05) is 10.6 Å². The third-order valence-corrected chi connectivity index (χ3v) is 6.51. The quantitative estimate of drug-likeness (QED) is 0.376. The SMILES string of the molecule is Cc1ccccc1Cn1nc(C)c(NC(=O)c2cc3n(n2)C(C(F)(F)F)CC(c2ccco2)N3)c1C. The maximum Gasteiger partial charge on any atom is 0.410 e. The van der Waals surface area contributed by atoms with Crippen molar-refractivity contribution in [1.29, 1.82) is 0 Å². The Morgan fingerprint density at radius 2 is 1.94 bits per heavy atom. The Labute approximate surface area is 205 Å². The van der Waals surface area contributed by atoms with Gasteiger partial charge in [-0.05, 0) is 44.0 Å². The number of hydrogen-bond acceptors (Lipinski definition) is 5. The molecule has 2 atom stereocenters. The fourth-order valence-electron chi connectivity index (χ4n) is 4.52. The second-order valence-electron chi connectivity index (χ2n) is 8.95. The van der Waals surface area contributed by atoms with Gasteiger partial charge in [-0.2, -0.15) is 23.4 Å². The number of fused-ring (bicyclic) bond motifs is 1. The van der Waals surface area contributed by atoms with Gasteiger partial charge in [-0.1, -0.05) is 24.3 Å². The molecule has 0 radical (unpaired) electrons. The van der Waals surface area contributed by atoms with Crippen LogP contribution in [-0.4, -0.2) is 31.6 Å². The predicted molar refractivity (Wildman–Crippen MR) is 127 cm³/mol. The van der Waals surface area contributed by atoms with E-state index in [1.54, 1.807) is 23.7 Å². The average Bonchev–Trinajstić information content (AvgIpc) is 3.56. The highest BCUT2D eigenvalue weighted by Crippen LogP contribution is 2.43. The molecule has 2 N–H and O–H groups in total. The van der Waals surface area contributed by atoms with E-state index in [2.05, 4.69) is 20.8 Å². The number of rotatable bonds is 5. The minimum atomic E-state index is -4.55. The number of halogens is 3. The summed E-state index contributed by atoms with van der Waals surface area (Å²) in [6.45, 7) is 6.15. The number of carbonyl (C=O) groups excluding carboxylic acids is 1. The number of hydrogen-bond donors (Lipinski definition) is 2. The number of nitrogens with zero attached hydrogens (tertiary/aromatic N) is 4. The van der Waals surface area contributed by atoms with Crippen molar-refractivity contribution in [3.8, 4) is 0 Å². The number of benzene rings is 1. The van der Waals surface area contributed by atoms with Crippen LogP contribution in [0.5, 0.6) is 0 Å². The minimum Gasteiger partial charge on any atom is -0.467 e. The van der Waals surface area contributed by atoms with Crippen molar-refractivity contribution in [3.63, 3.8) is 0 Å². The maximum absolute atomic E-state index is 13.9. The van der Waals surface area contributed by atoms with Crippen LogP contribution in [0.3, 0.4) is 0 Å². The number of amides is 1. The van der Waals surface area contributed by atoms with Gasteiger partial charge in [0.05, 0.1) is 35.9 Å². The molecule has 11 heteroatoms. The fourth-order valence-corrected chi connectivity index (χ4v) is 4.52. The molecule has 0 saturated carbocycles. The number of aromatic nitrogens is 4. The molecule has 0 bridgehead atoms. The van der Waals surface area contributed by atoms with Gasteiger partial charge < -0.3 is 15.1 Å². The van der Waals surface area contributed by atoms with Crippen LogP contribution in [0, 0.1) is 20.8 Å².